The molecule has 2 heteroatoms. The second-order valence-electron chi connectivity index (χ2n) is 2.96. The van der Waals surface area contributed by atoms with Crippen LogP contribution in [0, 0.1) is 0 Å². The van der Waals surface area contributed by atoms with Gasteiger partial charge in [-0.1, -0.05) is 41.1 Å². The summed E-state index contributed by atoms with van der Waals surface area (Å²) in [5, 5.41) is 0. The van der Waals surface area contributed by atoms with E-state index in [0.29, 0.717) is 0 Å². The van der Waals surface area contributed by atoms with Crippen molar-refractivity contribution in [1.82, 2.24) is 0 Å². The lowest BCUT2D eigenvalue weighted by Crippen LogP contribution is -2.21. The highest BCUT2D eigenvalue weighted by Crippen LogP contribution is 2.17. The molecule has 12 heavy (non-hydrogen) atoms. The highest BCUT2D eigenvalue weighted by atomic mass is 79.9. The molecule has 0 aliphatic rings. The molecular weight excluding hydrogens is 214 g/mol. The molecule has 0 spiro atoms. The van der Waals surface area contributed by atoms with Crippen LogP contribution in [0.15, 0.2) is 28.7 Å². The average molecular weight is 228 g/mol. The van der Waals surface area contributed by atoms with E-state index >= 15 is 0 Å². The highest BCUT2D eigenvalue weighted by molar-refractivity contribution is 9.10. The van der Waals surface area contributed by atoms with E-state index in [1.165, 1.54) is 5.56 Å². The van der Waals surface area contributed by atoms with Crippen LogP contribution in [-0.2, 0) is 6.42 Å². The first-order chi connectivity index (χ1) is 5.74. The van der Waals surface area contributed by atoms with Crippen LogP contribution in [-0.4, -0.2) is 6.04 Å². The number of halogens is 1. The summed E-state index contributed by atoms with van der Waals surface area (Å²) in [4.78, 5) is 0. The Labute approximate surface area is 82.1 Å². The Bertz CT molecular complexity index is 247. The third-order valence-corrected chi connectivity index (χ3v) is 2.74. The van der Waals surface area contributed by atoms with Gasteiger partial charge in [-0.05, 0) is 24.5 Å². The van der Waals surface area contributed by atoms with Crippen molar-refractivity contribution in [2.45, 2.75) is 25.8 Å². The van der Waals surface area contributed by atoms with E-state index in [9.17, 15) is 0 Å². The molecule has 0 aromatic heterocycles. The third kappa shape index (κ3) is 2.61. The lowest BCUT2D eigenvalue weighted by atomic mass is 10.1. The van der Waals surface area contributed by atoms with E-state index in [2.05, 4.69) is 35.0 Å². The van der Waals surface area contributed by atoms with Gasteiger partial charge in [0.25, 0.3) is 0 Å². The topological polar surface area (TPSA) is 26.0 Å². The minimum absolute atomic E-state index is 0.281. The van der Waals surface area contributed by atoms with Gasteiger partial charge in [0.15, 0.2) is 0 Å². The first-order valence-electron chi connectivity index (χ1n) is 4.23. The fourth-order valence-corrected chi connectivity index (χ4v) is 1.54. The fraction of sp³-hybridized carbons (Fsp3) is 0.400. The van der Waals surface area contributed by atoms with Gasteiger partial charge in [-0.3, -0.25) is 0 Å². The normalized spacial score (nSPS) is 12.9. The van der Waals surface area contributed by atoms with Crippen LogP contribution in [0.3, 0.4) is 0 Å². The van der Waals surface area contributed by atoms with E-state index in [0.717, 1.165) is 17.3 Å². The van der Waals surface area contributed by atoms with Gasteiger partial charge >= 0.3 is 0 Å². The highest BCUT2D eigenvalue weighted by Gasteiger charge is 2.03. The molecule has 66 valence electrons. The molecule has 1 nitrogen and oxygen atoms in total. The molecule has 0 aliphatic heterocycles. The lowest BCUT2D eigenvalue weighted by Gasteiger charge is -2.09. The molecule has 1 rings (SSSR count). The number of hydrogen-bond donors (Lipinski definition) is 1. The van der Waals surface area contributed by atoms with Crippen LogP contribution < -0.4 is 5.73 Å². The Balaban J connectivity index is 2.69. The first-order valence-corrected chi connectivity index (χ1v) is 5.02. The van der Waals surface area contributed by atoms with Crippen molar-refractivity contribution < 1.29 is 0 Å². The number of nitrogens with two attached hydrogens (primary N) is 1. The van der Waals surface area contributed by atoms with Crippen LogP contribution in [0.25, 0.3) is 0 Å². The first kappa shape index (κ1) is 9.75. The number of benzene rings is 1. The standard InChI is InChI=1S/C10H14BrN/c1-2-9(12)7-8-5-3-4-6-10(8)11/h3-6,9H,2,7,12H2,1H3/t9-/m1/s1. The van der Waals surface area contributed by atoms with Gasteiger partial charge in [0, 0.05) is 10.5 Å². The van der Waals surface area contributed by atoms with Crippen molar-refractivity contribution in [1.29, 1.82) is 0 Å². The minimum Gasteiger partial charge on any atom is -0.327 e. The monoisotopic (exact) mass is 227 g/mol. The Kier molecular flexibility index (Phi) is 3.76. The summed E-state index contributed by atoms with van der Waals surface area (Å²) < 4.78 is 1.16. The third-order valence-electron chi connectivity index (χ3n) is 1.96. The van der Waals surface area contributed by atoms with Gasteiger partial charge in [0.1, 0.15) is 0 Å². The predicted molar refractivity (Wildman–Crippen MR) is 56.1 cm³/mol. The van der Waals surface area contributed by atoms with Gasteiger partial charge in [-0.25, -0.2) is 0 Å². The van der Waals surface area contributed by atoms with Crippen molar-refractivity contribution in [2.24, 2.45) is 5.73 Å². The zero-order chi connectivity index (χ0) is 8.97. The summed E-state index contributed by atoms with van der Waals surface area (Å²) in [7, 11) is 0. The fourth-order valence-electron chi connectivity index (χ4n) is 1.09. The summed E-state index contributed by atoms with van der Waals surface area (Å²) in [6.07, 6.45) is 1.99. The summed E-state index contributed by atoms with van der Waals surface area (Å²) in [5.74, 6) is 0. The Hall–Kier alpha value is -0.340. The van der Waals surface area contributed by atoms with Gasteiger partial charge < -0.3 is 5.73 Å². The SMILES string of the molecule is CC[C@@H](N)Cc1ccccc1Br. The molecule has 0 bridgehead atoms. The molecular formula is C10H14BrN. The molecule has 0 amide bonds. The molecule has 0 saturated carbocycles. The largest absolute Gasteiger partial charge is 0.327 e. The second-order valence-corrected chi connectivity index (χ2v) is 3.82. The molecule has 1 aromatic carbocycles. The molecule has 0 unspecified atom stereocenters. The molecule has 0 heterocycles. The second kappa shape index (κ2) is 4.63. The van der Waals surface area contributed by atoms with E-state index in [1.807, 2.05) is 12.1 Å². The Morgan fingerprint density at radius 3 is 2.67 bits per heavy atom. The van der Waals surface area contributed by atoms with E-state index in [4.69, 9.17) is 5.73 Å². The number of rotatable bonds is 3. The molecule has 0 aliphatic carbocycles. The predicted octanol–water partition coefficient (Wildman–Crippen LogP) is 2.73. The maximum atomic E-state index is 5.85. The van der Waals surface area contributed by atoms with Crippen LogP contribution in [0.5, 0.6) is 0 Å². The summed E-state index contributed by atoms with van der Waals surface area (Å²) in [6.45, 7) is 2.11. The zero-order valence-corrected chi connectivity index (χ0v) is 8.84. The van der Waals surface area contributed by atoms with Crippen LogP contribution in [0.1, 0.15) is 18.9 Å². The summed E-state index contributed by atoms with van der Waals surface area (Å²) in [6, 6.07) is 8.51. The van der Waals surface area contributed by atoms with Crippen molar-refractivity contribution in [3.63, 3.8) is 0 Å². The van der Waals surface area contributed by atoms with Crippen LogP contribution >= 0.6 is 15.9 Å². The number of hydrogen-bond acceptors (Lipinski definition) is 1. The molecule has 0 radical (unpaired) electrons. The smallest absolute Gasteiger partial charge is 0.0207 e. The van der Waals surface area contributed by atoms with Crippen molar-refractivity contribution in [3.05, 3.63) is 34.3 Å². The van der Waals surface area contributed by atoms with Gasteiger partial charge in [0.2, 0.25) is 0 Å². The van der Waals surface area contributed by atoms with Gasteiger partial charge in [-0.2, -0.15) is 0 Å². The molecule has 0 fully saturated rings. The van der Waals surface area contributed by atoms with Crippen molar-refractivity contribution in [3.8, 4) is 0 Å². The summed E-state index contributed by atoms with van der Waals surface area (Å²) in [5.41, 5.74) is 7.15. The van der Waals surface area contributed by atoms with Gasteiger partial charge in [-0.15, -0.1) is 0 Å². The average Bonchev–Trinajstić information content (AvgIpc) is 2.09. The Morgan fingerprint density at radius 2 is 2.08 bits per heavy atom. The lowest BCUT2D eigenvalue weighted by molar-refractivity contribution is 0.645. The van der Waals surface area contributed by atoms with Gasteiger partial charge in [0.05, 0.1) is 0 Å². The van der Waals surface area contributed by atoms with Crippen LogP contribution in [0.4, 0.5) is 0 Å². The van der Waals surface area contributed by atoms with Crippen LogP contribution in [0.2, 0.25) is 0 Å². The van der Waals surface area contributed by atoms with Crippen molar-refractivity contribution >= 4 is 15.9 Å². The maximum absolute atomic E-state index is 5.85. The molecule has 0 saturated heterocycles. The van der Waals surface area contributed by atoms with E-state index < -0.39 is 0 Å². The van der Waals surface area contributed by atoms with E-state index in [1.54, 1.807) is 0 Å². The molecule has 2 N–H and O–H groups in total. The Morgan fingerprint density at radius 1 is 1.42 bits per heavy atom. The zero-order valence-electron chi connectivity index (χ0n) is 7.26. The quantitative estimate of drug-likeness (QED) is 0.845. The molecule has 1 atom stereocenters. The van der Waals surface area contributed by atoms with Crippen molar-refractivity contribution in [2.75, 3.05) is 0 Å². The molecule has 1 aromatic rings. The van der Waals surface area contributed by atoms with E-state index in [-0.39, 0.29) is 6.04 Å². The minimum atomic E-state index is 0.281. The maximum Gasteiger partial charge on any atom is 0.0207 e. The summed E-state index contributed by atoms with van der Waals surface area (Å²) >= 11 is 3.50.